The number of benzene rings is 1. The van der Waals surface area contributed by atoms with Gasteiger partial charge in [-0.1, -0.05) is 18.2 Å². The molecule has 106 valence electrons. The van der Waals surface area contributed by atoms with E-state index >= 15 is 0 Å². The summed E-state index contributed by atoms with van der Waals surface area (Å²) >= 11 is 0. The number of hydrogen-bond donors (Lipinski definition) is 1. The fourth-order valence-electron chi connectivity index (χ4n) is 2.15. The van der Waals surface area contributed by atoms with Crippen molar-refractivity contribution in [2.45, 2.75) is 19.5 Å². The first-order chi connectivity index (χ1) is 9.54. The van der Waals surface area contributed by atoms with Crippen LogP contribution in [0.1, 0.15) is 24.1 Å². The number of nitrogens with zero attached hydrogens (tertiary/aromatic N) is 2. The molecule has 0 amide bonds. The lowest BCUT2D eigenvalue weighted by Gasteiger charge is -2.28. The van der Waals surface area contributed by atoms with Crippen molar-refractivity contribution in [2.24, 2.45) is 5.73 Å². The Bertz CT molecular complexity index is 601. The predicted octanol–water partition coefficient (Wildman–Crippen LogP) is 3.02. The molecule has 0 aliphatic heterocycles. The van der Waals surface area contributed by atoms with Crippen LogP contribution in [0.5, 0.6) is 0 Å². The molecule has 0 radical (unpaired) electrons. The van der Waals surface area contributed by atoms with E-state index in [4.69, 9.17) is 5.73 Å². The molecule has 0 saturated carbocycles. The lowest BCUT2D eigenvalue weighted by atomic mass is 10.1. The quantitative estimate of drug-likeness (QED) is 0.934. The van der Waals surface area contributed by atoms with E-state index in [-0.39, 0.29) is 18.4 Å². The van der Waals surface area contributed by atoms with E-state index in [1.54, 1.807) is 30.1 Å². The fourth-order valence-corrected chi connectivity index (χ4v) is 2.15. The highest BCUT2D eigenvalue weighted by atomic mass is 19.1. The minimum absolute atomic E-state index is 0.175. The number of rotatable bonds is 4. The van der Waals surface area contributed by atoms with Gasteiger partial charge in [-0.15, -0.1) is 0 Å². The second kappa shape index (κ2) is 5.96. The first-order valence-corrected chi connectivity index (χ1v) is 6.36. The monoisotopic (exact) mass is 277 g/mol. The molecule has 0 spiro atoms. The predicted molar refractivity (Wildman–Crippen MR) is 75.3 cm³/mol. The van der Waals surface area contributed by atoms with Gasteiger partial charge in [-0.3, -0.25) is 0 Å². The van der Waals surface area contributed by atoms with Crippen LogP contribution in [0.25, 0.3) is 0 Å². The zero-order chi connectivity index (χ0) is 14.7. The topological polar surface area (TPSA) is 42.2 Å². The Kier molecular flexibility index (Phi) is 4.29. The summed E-state index contributed by atoms with van der Waals surface area (Å²) < 4.78 is 27.0. The van der Waals surface area contributed by atoms with Crippen molar-refractivity contribution in [3.63, 3.8) is 0 Å². The Hall–Kier alpha value is -2.01. The maximum Gasteiger partial charge on any atom is 0.141 e. The molecule has 3 nitrogen and oxygen atoms in total. The maximum atomic E-state index is 13.8. The summed E-state index contributed by atoms with van der Waals surface area (Å²) in [5, 5.41) is 0. The van der Waals surface area contributed by atoms with E-state index in [0.717, 1.165) is 6.20 Å². The van der Waals surface area contributed by atoms with Crippen molar-refractivity contribution >= 4 is 5.82 Å². The van der Waals surface area contributed by atoms with Gasteiger partial charge in [0.25, 0.3) is 0 Å². The molecule has 0 fully saturated rings. The van der Waals surface area contributed by atoms with Gasteiger partial charge in [-0.25, -0.2) is 13.8 Å². The SMILES string of the molecule is CC(c1ccccc1F)N(C)c1ncc(F)cc1CN. The Morgan fingerprint density at radius 2 is 2.00 bits per heavy atom. The molecule has 0 aliphatic rings. The molecule has 1 heterocycles. The molecule has 1 atom stereocenters. The lowest BCUT2D eigenvalue weighted by molar-refractivity contribution is 0.581. The summed E-state index contributed by atoms with van der Waals surface area (Å²) in [6.07, 6.45) is 1.14. The average molecular weight is 277 g/mol. The van der Waals surface area contributed by atoms with Crippen molar-refractivity contribution in [1.82, 2.24) is 4.98 Å². The molecule has 2 N–H and O–H groups in total. The molecule has 2 rings (SSSR count). The zero-order valence-electron chi connectivity index (χ0n) is 11.5. The maximum absolute atomic E-state index is 13.8. The van der Waals surface area contributed by atoms with Crippen LogP contribution in [0.3, 0.4) is 0 Å². The largest absolute Gasteiger partial charge is 0.353 e. The van der Waals surface area contributed by atoms with Crippen LogP contribution in [0, 0.1) is 11.6 Å². The van der Waals surface area contributed by atoms with Crippen LogP contribution in [0.2, 0.25) is 0 Å². The number of pyridine rings is 1. The van der Waals surface area contributed by atoms with Gasteiger partial charge in [0, 0.05) is 24.7 Å². The summed E-state index contributed by atoms with van der Waals surface area (Å²) in [7, 11) is 1.79. The third kappa shape index (κ3) is 2.77. The molecular formula is C15H17F2N3. The van der Waals surface area contributed by atoms with Crippen LogP contribution < -0.4 is 10.6 Å². The Balaban J connectivity index is 2.36. The molecule has 20 heavy (non-hydrogen) atoms. The van der Waals surface area contributed by atoms with Crippen molar-refractivity contribution in [1.29, 1.82) is 0 Å². The van der Waals surface area contributed by atoms with Gasteiger partial charge in [-0.05, 0) is 19.1 Å². The molecule has 1 unspecified atom stereocenters. The van der Waals surface area contributed by atoms with Gasteiger partial charge < -0.3 is 10.6 Å². The highest BCUT2D eigenvalue weighted by Gasteiger charge is 2.19. The van der Waals surface area contributed by atoms with Gasteiger partial charge >= 0.3 is 0 Å². The highest BCUT2D eigenvalue weighted by molar-refractivity contribution is 5.48. The van der Waals surface area contributed by atoms with E-state index < -0.39 is 5.82 Å². The third-order valence-electron chi connectivity index (χ3n) is 3.40. The smallest absolute Gasteiger partial charge is 0.141 e. The second-order valence-electron chi connectivity index (χ2n) is 4.65. The average Bonchev–Trinajstić information content (AvgIpc) is 2.46. The summed E-state index contributed by atoms with van der Waals surface area (Å²) in [5.41, 5.74) is 6.77. The number of hydrogen-bond acceptors (Lipinski definition) is 3. The summed E-state index contributed by atoms with van der Waals surface area (Å²) in [4.78, 5) is 5.87. The third-order valence-corrected chi connectivity index (χ3v) is 3.40. The van der Waals surface area contributed by atoms with Gasteiger partial charge in [0.05, 0.1) is 12.2 Å². The normalized spacial score (nSPS) is 12.2. The van der Waals surface area contributed by atoms with E-state index in [1.807, 2.05) is 6.92 Å². The van der Waals surface area contributed by atoms with E-state index in [9.17, 15) is 8.78 Å². The van der Waals surface area contributed by atoms with E-state index in [1.165, 1.54) is 12.1 Å². The van der Waals surface area contributed by atoms with E-state index in [2.05, 4.69) is 4.98 Å². The molecule has 1 aromatic carbocycles. The Morgan fingerprint density at radius 3 is 2.65 bits per heavy atom. The van der Waals surface area contributed by atoms with Crippen LogP contribution in [-0.2, 0) is 6.54 Å². The van der Waals surface area contributed by atoms with E-state index in [0.29, 0.717) is 16.9 Å². The van der Waals surface area contributed by atoms with Crippen molar-refractivity contribution < 1.29 is 8.78 Å². The first kappa shape index (κ1) is 14.4. The summed E-state index contributed by atoms with van der Waals surface area (Å²) in [5.74, 6) is -0.144. The number of anilines is 1. The first-order valence-electron chi connectivity index (χ1n) is 6.36. The number of halogens is 2. The van der Waals surface area contributed by atoms with Crippen LogP contribution in [-0.4, -0.2) is 12.0 Å². The minimum Gasteiger partial charge on any atom is -0.353 e. The van der Waals surface area contributed by atoms with Gasteiger partial charge in [-0.2, -0.15) is 0 Å². The summed E-state index contributed by atoms with van der Waals surface area (Å²) in [6, 6.07) is 7.69. The van der Waals surface area contributed by atoms with Gasteiger partial charge in [0.15, 0.2) is 0 Å². The molecule has 0 saturated heterocycles. The lowest BCUT2D eigenvalue weighted by Crippen LogP contribution is -2.25. The standard InChI is InChI=1S/C15H17F2N3/c1-10(13-5-3-4-6-14(13)17)20(2)15-11(8-18)7-12(16)9-19-15/h3-7,9-10H,8,18H2,1-2H3. The molecule has 2 aromatic rings. The van der Waals surface area contributed by atoms with Crippen LogP contribution >= 0.6 is 0 Å². The van der Waals surface area contributed by atoms with Crippen molar-refractivity contribution in [3.05, 3.63) is 59.3 Å². The Morgan fingerprint density at radius 1 is 1.30 bits per heavy atom. The minimum atomic E-state index is -0.429. The Labute approximate surface area is 117 Å². The van der Waals surface area contributed by atoms with Crippen molar-refractivity contribution in [2.75, 3.05) is 11.9 Å². The van der Waals surface area contributed by atoms with Gasteiger partial charge in [0.1, 0.15) is 17.5 Å². The fraction of sp³-hybridized carbons (Fsp3) is 0.267. The number of aromatic nitrogens is 1. The molecule has 0 aliphatic carbocycles. The molecule has 5 heteroatoms. The molecule has 0 bridgehead atoms. The van der Waals surface area contributed by atoms with Crippen molar-refractivity contribution in [3.8, 4) is 0 Å². The summed E-state index contributed by atoms with van der Waals surface area (Å²) in [6.45, 7) is 2.04. The van der Waals surface area contributed by atoms with Crippen LogP contribution in [0.4, 0.5) is 14.6 Å². The molecule has 1 aromatic heterocycles. The zero-order valence-corrected chi connectivity index (χ0v) is 11.5. The highest BCUT2D eigenvalue weighted by Crippen LogP contribution is 2.27. The van der Waals surface area contributed by atoms with Gasteiger partial charge in [0.2, 0.25) is 0 Å². The second-order valence-corrected chi connectivity index (χ2v) is 4.65. The number of nitrogens with two attached hydrogens (primary N) is 1. The van der Waals surface area contributed by atoms with Crippen LogP contribution in [0.15, 0.2) is 36.5 Å². The molecular weight excluding hydrogens is 260 g/mol.